The first-order valence-corrected chi connectivity index (χ1v) is 9.56. The van der Waals surface area contributed by atoms with Crippen LogP contribution in [0.2, 0.25) is 0 Å². The highest BCUT2D eigenvalue weighted by molar-refractivity contribution is 6.40. The van der Waals surface area contributed by atoms with E-state index in [9.17, 15) is 29.4 Å². The molecule has 4 N–H and O–H groups in total. The summed E-state index contributed by atoms with van der Waals surface area (Å²) in [5.74, 6) is -3.55. The molecule has 0 aliphatic heterocycles. The zero-order chi connectivity index (χ0) is 23.5. The number of carboxylic acids is 2. The standard InChI is InChI=1S/C22H22N2O8/c25-16-8-6-14(7-9-16)12-18(21(29)30)23-20(28)17(10-11-19(26)27)24-22(31)32-13-15-4-2-1-3-5-15/h1-9,18,25H,10-13H2,(H,23,28)(H,26,27)(H,29,30)/b24-17+/t18-/m0/s1. The molecule has 0 aliphatic carbocycles. The number of ether oxygens (including phenoxy) is 1. The smallest absolute Gasteiger partial charge is 0.434 e. The van der Waals surface area contributed by atoms with Crippen molar-refractivity contribution < 1.29 is 39.2 Å². The van der Waals surface area contributed by atoms with Crippen molar-refractivity contribution in [2.75, 3.05) is 0 Å². The molecule has 2 aromatic rings. The van der Waals surface area contributed by atoms with Gasteiger partial charge in [0.2, 0.25) is 0 Å². The van der Waals surface area contributed by atoms with Gasteiger partial charge in [-0.2, -0.15) is 4.99 Å². The molecule has 32 heavy (non-hydrogen) atoms. The molecular weight excluding hydrogens is 420 g/mol. The van der Waals surface area contributed by atoms with Crippen LogP contribution in [0.25, 0.3) is 0 Å². The maximum atomic E-state index is 12.6. The van der Waals surface area contributed by atoms with Gasteiger partial charge in [-0.15, -0.1) is 0 Å². The van der Waals surface area contributed by atoms with Gasteiger partial charge in [-0.25, -0.2) is 9.59 Å². The molecule has 10 nitrogen and oxygen atoms in total. The molecule has 0 radical (unpaired) electrons. The Morgan fingerprint density at radius 1 is 0.906 bits per heavy atom. The number of phenols is 1. The number of phenolic OH excluding ortho intramolecular Hbond substituents is 1. The Labute approximate surface area is 183 Å². The molecule has 10 heteroatoms. The van der Waals surface area contributed by atoms with Crippen molar-refractivity contribution in [1.29, 1.82) is 0 Å². The maximum absolute atomic E-state index is 12.6. The average molecular weight is 442 g/mol. The molecule has 0 aromatic heterocycles. The van der Waals surface area contributed by atoms with E-state index in [1.807, 2.05) is 0 Å². The average Bonchev–Trinajstić information content (AvgIpc) is 2.76. The van der Waals surface area contributed by atoms with E-state index in [0.717, 1.165) is 0 Å². The molecule has 0 spiro atoms. The van der Waals surface area contributed by atoms with Crippen LogP contribution in [0.5, 0.6) is 5.75 Å². The van der Waals surface area contributed by atoms with Crippen LogP contribution in [0.3, 0.4) is 0 Å². The molecule has 0 aliphatic rings. The highest BCUT2D eigenvalue weighted by Crippen LogP contribution is 2.12. The molecule has 1 atom stereocenters. The Balaban J connectivity index is 2.10. The minimum Gasteiger partial charge on any atom is -0.508 e. The molecule has 0 heterocycles. The predicted molar refractivity (Wildman–Crippen MR) is 112 cm³/mol. The molecule has 2 aromatic carbocycles. The van der Waals surface area contributed by atoms with Crippen LogP contribution < -0.4 is 5.32 Å². The van der Waals surface area contributed by atoms with Gasteiger partial charge >= 0.3 is 18.0 Å². The van der Waals surface area contributed by atoms with Gasteiger partial charge < -0.3 is 25.4 Å². The highest BCUT2D eigenvalue weighted by Gasteiger charge is 2.24. The number of aliphatic imine (C=N–C) groups is 1. The normalized spacial score (nSPS) is 11.9. The van der Waals surface area contributed by atoms with Crippen molar-refractivity contribution in [2.24, 2.45) is 4.99 Å². The Morgan fingerprint density at radius 2 is 1.56 bits per heavy atom. The monoisotopic (exact) mass is 442 g/mol. The predicted octanol–water partition coefficient (Wildman–Crippen LogP) is 2.15. The summed E-state index contributed by atoms with van der Waals surface area (Å²) in [5, 5.41) is 29.9. The first-order valence-electron chi connectivity index (χ1n) is 9.56. The van der Waals surface area contributed by atoms with Crippen LogP contribution in [-0.2, 0) is 32.1 Å². The van der Waals surface area contributed by atoms with E-state index in [2.05, 4.69) is 10.3 Å². The van der Waals surface area contributed by atoms with Crippen LogP contribution in [-0.4, -0.2) is 51.0 Å². The fourth-order valence-corrected chi connectivity index (χ4v) is 2.62. The number of nitrogens with one attached hydrogen (secondary N) is 1. The zero-order valence-electron chi connectivity index (χ0n) is 16.9. The number of aliphatic carboxylic acids is 2. The van der Waals surface area contributed by atoms with Crippen LogP contribution in [0.1, 0.15) is 24.0 Å². The topological polar surface area (TPSA) is 163 Å². The number of hydrogen-bond acceptors (Lipinski definition) is 6. The van der Waals surface area contributed by atoms with E-state index in [-0.39, 0.29) is 18.8 Å². The number of amides is 2. The molecule has 0 saturated carbocycles. The molecule has 0 unspecified atom stereocenters. The third-order valence-corrected chi connectivity index (χ3v) is 4.25. The van der Waals surface area contributed by atoms with E-state index >= 15 is 0 Å². The lowest BCUT2D eigenvalue weighted by molar-refractivity contribution is -0.141. The lowest BCUT2D eigenvalue weighted by atomic mass is 10.1. The van der Waals surface area contributed by atoms with Gasteiger partial charge in [0.15, 0.2) is 0 Å². The fourth-order valence-electron chi connectivity index (χ4n) is 2.62. The van der Waals surface area contributed by atoms with Crippen molar-refractivity contribution in [1.82, 2.24) is 5.32 Å². The molecular formula is C22H22N2O8. The van der Waals surface area contributed by atoms with E-state index in [1.165, 1.54) is 24.3 Å². The minimum atomic E-state index is -1.37. The van der Waals surface area contributed by atoms with E-state index < -0.39 is 48.5 Å². The first-order chi connectivity index (χ1) is 15.2. The summed E-state index contributed by atoms with van der Waals surface area (Å²) in [6.45, 7) is -0.102. The number of hydrogen-bond donors (Lipinski definition) is 4. The second kappa shape index (κ2) is 11.8. The van der Waals surface area contributed by atoms with Crippen molar-refractivity contribution >= 4 is 29.7 Å². The van der Waals surface area contributed by atoms with Crippen LogP contribution >= 0.6 is 0 Å². The second-order valence-corrected chi connectivity index (χ2v) is 6.73. The van der Waals surface area contributed by atoms with Gasteiger partial charge in [0, 0.05) is 12.8 Å². The van der Waals surface area contributed by atoms with Gasteiger partial charge in [0.25, 0.3) is 5.91 Å². The molecule has 0 fully saturated rings. The molecule has 2 rings (SSSR count). The fraction of sp³-hybridized carbons (Fsp3) is 0.227. The van der Waals surface area contributed by atoms with E-state index in [0.29, 0.717) is 11.1 Å². The summed E-state index contributed by atoms with van der Waals surface area (Å²) >= 11 is 0. The minimum absolute atomic E-state index is 0.00164. The number of rotatable bonds is 10. The quantitative estimate of drug-likeness (QED) is 0.407. The number of carbonyl (C=O) groups excluding carboxylic acids is 2. The lowest BCUT2D eigenvalue weighted by Crippen LogP contribution is -2.45. The van der Waals surface area contributed by atoms with Crippen LogP contribution in [0.15, 0.2) is 59.6 Å². The van der Waals surface area contributed by atoms with Crippen LogP contribution in [0, 0.1) is 0 Å². The number of nitrogens with zero attached hydrogens (tertiary/aromatic N) is 1. The zero-order valence-corrected chi connectivity index (χ0v) is 16.9. The molecule has 0 saturated heterocycles. The maximum Gasteiger partial charge on any atom is 0.434 e. The summed E-state index contributed by atoms with van der Waals surface area (Å²) in [6.07, 6.45) is -2.10. The van der Waals surface area contributed by atoms with E-state index in [4.69, 9.17) is 9.84 Å². The van der Waals surface area contributed by atoms with Crippen LogP contribution in [0.4, 0.5) is 4.79 Å². The third kappa shape index (κ3) is 8.27. The Morgan fingerprint density at radius 3 is 2.16 bits per heavy atom. The first kappa shape index (κ1) is 24.1. The van der Waals surface area contributed by atoms with Crippen molar-refractivity contribution in [3.63, 3.8) is 0 Å². The Bertz CT molecular complexity index is 987. The number of benzene rings is 2. The van der Waals surface area contributed by atoms with Gasteiger partial charge in [-0.05, 0) is 23.3 Å². The number of aromatic hydroxyl groups is 1. The molecule has 0 bridgehead atoms. The molecule has 168 valence electrons. The van der Waals surface area contributed by atoms with Gasteiger partial charge in [0.05, 0.1) is 6.42 Å². The Hall–Kier alpha value is -4.21. The summed E-state index contributed by atoms with van der Waals surface area (Å²) < 4.78 is 4.98. The summed E-state index contributed by atoms with van der Waals surface area (Å²) in [4.78, 5) is 50.7. The molecule has 2 amide bonds. The lowest BCUT2D eigenvalue weighted by Gasteiger charge is -2.15. The van der Waals surface area contributed by atoms with Crippen molar-refractivity contribution in [3.8, 4) is 5.75 Å². The largest absolute Gasteiger partial charge is 0.508 e. The summed E-state index contributed by atoms with van der Waals surface area (Å²) in [7, 11) is 0. The Kier molecular flexibility index (Phi) is 8.91. The van der Waals surface area contributed by atoms with Gasteiger partial charge in [-0.1, -0.05) is 42.5 Å². The van der Waals surface area contributed by atoms with Gasteiger partial charge in [-0.3, -0.25) is 9.59 Å². The highest BCUT2D eigenvalue weighted by atomic mass is 16.5. The third-order valence-electron chi connectivity index (χ3n) is 4.25. The van der Waals surface area contributed by atoms with E-state index in [1.54, 1.807) is 30.3 Å². The second-order valence-electron chi connectivity index (χ2n) is 6.73. The van der Waals surface area contributed by atoms with Crippen molar-refractivity contribution in [3.05, 3.63) is 65.7 Å². The number of carbonyl (C=O) groups is 4. The summed E-state index contributed by atoms with van der Waals surface area (Å²) in [6, 6.07) is 13.1. The van der Waals surface area contributed by atoms with Gasteiger partial charge in [0.1, 0.15) is 24.1 Å². The SMILES string of the molecule is O=C(O)CC/C(=N\C(=O)OCc1ccccc1)C(=O)N[C@@H](Cc1ccc(O)cc1)C(=O)O. The number of carboxylic acid groups (broad SMARTS) is 2. The van der Waals surface area contributed by atoms with Crippen molar-refractivity contribution in [2.45, 2.75) is 31.9 Å². The summed E-state index contributed by atoms with van der Waals surface area (Å²) in [5.41, 5.74) is 0.761.